The van der Waals surface area contributed by atoms with Crippen molar-refractivity contribution in [3.05, 3.63) is 23.9 Å². The molecule has 0 spiro atoms. The quantitative estimate of drug-likeness (QED) is 0.345. The first-order valence-electron chi connectivity index (χ1n) is 8.91. The number of rotatable bonds is 4. The molecule has 0 radical (unpaired) electrons. The molecule has 0 bridgehead atoms. The van der Waals surface area contributed by atoms with Crippen LogP contribution >= 0.6 is 0 Å². The van der Waals surface area contributed by atoms with Crippen molar-refractivity contribution >= 4 is 11.6 Å². The summed E-state index contributed by atoms with van der Waals surface area (Å²) < 4.78 is 0. The van der Waals surface area contributed by atoms with Gasteiger partial charge in [-0.05, 0) is 33.6 Å². The second kappa shape index (κ2) is 8.44. The maximum absolute atomic E-state index is 11.6. The van der Waals surface area contributed by atoms with Gasteiger partial charge in [0.1, 0.15) is 5.84 Å². The number of carbonyl (C=O) groups excluding carboxylic acids is 1. The normalized spacial score (nSPS) is 22.7. The van der Waals surface area contributed by atoms with E-state index in [1.165, 1.54) is 32.1 Å². The van der Waals surface area contributed by atoms with E-state index in [2.05, 4.69) is 21.4 Å². The molecule has 4 nitrogen and oxygen atoms in total. The second-order valence-corrected chi connectivity index (χ2v) is 6.73. The minimum Gasteiger partial charge on any atom is -0.358 e. The van der Waals surface area contributed by atoms with Gasteiger partial charge in [-0.25, -0.2) is 4.99 Å². The predicted molar refractivity (Wildman–Crippen MR) is 96.7 cm³/mol. The van der Waals surface area contributed by atoms with Gasteiger partial charge in [-0.3, -0.25) is 9.69 Å². The Morgan fingerprint density at radius 2 is 1.65 bits per heavy atom. The Labute approximate surface area is 140 Å². The standard InChI is InChI=1S/C19H31N3O/c1-5-19(16(3)23)15(2)20-17(4)21-11-13-22(14-12-21)18-9-7-6-8-10-18/h5,18H,1,6-14H2,2-4H3/b19-15-,20-17+. The summed E-state index contributed by atoms with van der Waals surface area (Å²) in [6.07, 6.45) is 8.55. The number of ketones is 1. The van der Waals surface area contributed by atoms with Crippen LogP contribution in [0.15, 0.2) is 28.9 Å². The SMILES string of the molecule is C=C/C(C(C)=O)=C(C)/N=C(\C)N1CCN(C2CCCCC2)CC1. The van der Waals surface area contributed by atoms with Gasteiger partial charge in [-0.15, -0.1) is 0 Å². The van der Waals surface area contributed by atoms with Crippen LogP contribution in [0, 0.1) is 0 Å². The molecule has 1 saturated carbocycles. The Hall–Kier alpha value is -1.42. The summed E-state index contributed by atoms with van der Waals surface area (Å²) in [5.41, 5.74) is 1.38. The summed E-state index contributed by atoms with van der Waals surface area (Å²) in [5, 5.41) is 0. The minimum atomic E-state index is 0.0242. The van der Waals surface area contributed by atoms with Crippen molar-refractivity contribution in [1.29, 1.82) is 0 Å². The van der Waals surface area contributed by atoms with Crippen LogP contribution in [0.5, 0.6) is 0 Å². The van der Waals surface area contributed by atoms with Gasteiger partial charge in [-0.2, -0.15) is 0 Å². The number of piperazine rings is 1. The largest absolute Gasteiger partial charge is 0.358 e. The van der Waals surface area contributed by atoms with Gasteiger partial charge in [0, 0.05) is 37.8 Å². The summed E-state index contributed by atoms with van der Waals surface area (Å²) in [7, 11) is 0. The van der Waals surface area contributed by atoms with Crippen LogP contribution < -0.4 is 0 Å². The molecule has 0 atom stereocenters. The summed E-state index contributed by atoms with van der Waals surface area (Å²) >= 11 is 0. The fourth-order valence-electron chi connectivity index (χ4n) is 3.78. The number of aliphatic imine (C=N–C) groups is 1. The third kappa shape index (κ3) is 4.77. The van der Waals surface area contributed by atoms with Crippen molar-refractivity contribution in [2.45, 2.75) is 58.9 Å². The van der Waals surface area contributed by atoms with E-state index in [-0.39, 0.29) is 5.78 Å². The second-order valence-electron chi connectivity index (χ2n) is 6.73. The highest BCUT2D eigenvalue weighted by Crippen LogP contribution is 2.23. The summed E-state index contributed by atoms with van der Waals surface area (Å²) in [6.45, 7) is 13.5. The molecular formula is C19H31N3O. The lowest BCUT2D eigenvalue weighted by Gasteiger charge is -2.41. The average Bonchev–Trinajstić information content (AvgIpc) is 2.56. The number of hydrogen-bond acceptors (Lipinski definition) is 3. The monoisotopic (exact) mass is 317 g/mol. The lowest BCUT2D eigenvalue weighted by Crippen LogP contribution is -2.51. The average molecular weight is 317 g/mol. The zero-order valence-corrected chi connectivity index (χ0v) is 15.0. The third-order valence-electron chi connectivity index (χ3n) is 5.17. The highest BCUT2D eigenvalue weighted by Gasteiger charge is 2.25. The van der Waals surface area contributed by atoms with E-state index >= 15 is 0 Å². The lowest BCUT2D eigenvalue weighted by molar-refractivity contribution is -0.113. The molecule has 1 heterocycles. The smallest absolute Gasteiger partial charge is 0.161 e. The van der Waals surface area contributed by atoms with Crippen LogP contribution in [0.3, 0.4) is 0 Å². The van der Waals surface area contributed by atoms with E-state index in [0.717, 1.165) is 43.8 Å². The molecule has 1 aliphatic carbocycles. The molecule has 0 unspecified atom stereocenters. The Balaban J connectivity index is 1.94. The maximum atomic E-state index is 11.6. The molecule has 1 saturated heterocycles. The van der Waals surface area contributed by atoms with Gasteiger partial charge in [-0.1, -0.05) is 31.9 Å². The van der Waals surface area contributed by atoms with E-state index in [1.54, 1.807) is 13.0 Å². The van der Waals surface area contributed by atoms with Crippen LogP contribution in [-0.4, -0.2) is 53.6 Å². The summed E-state index contributed by atoms with van der Waals surface area (Å²) in [6, 6.07) is 0.801. The van der Waals surface area contributed by atoms with Gasteiger partial charge in [0.15, 0.2) is 5.78 Å². The number of carbonyl (C=O) groups is 1. The highest BCUT2D eigenvalue weighted by atomic mass is 16.1. The number of Topliss-reactive ketones (excluding diaryl/α,β-unsaturated/α-hetero) is 1. The maximum Gasteiger partial charge on any atom is 0.161 e. The first-order chi connectivity index (χ1) is 11.0. The Morgan fingerprint density at radius 3 is 2.17 bits per heavy atom. The third-order valence-corrected chi connectivity index (χ3v) is 5.17. The first kappa shape index (κ1) is 17.9. The molecule has 1 aliphatic heterocycles. The fourth-order valence-corrected chi connectivity index (χ4v) is 3.78. The van der Waals surface area contributed by atoms with Crippen molar-refractivity contribution in [2.24, 2.45) is 4.99 Å². The molecule has 0 aromatic heterocycles. The number of hydrogen-bond donors (Lipinski definition) is 0. The van der Waals surface area contributed by atoms with Crippen molar-refractivity contribution in [1.82, 2.24) is 9.80 Å². The van der Waals surface area contributed by atoms with Crippen molar-refractivity contribution < 1.29 is 4.79 Å². The van der Waals surface area contributed by atoms with E-state index in [9.17, 15) is 4.79 Å². The van der Waals surface area contributed by atoms with E-state index in [1.807, 2.05) is 13.8 Å². The minimum absolute atomic E-state index is 0.0242. The van der Waals surface area contributed by atoms with Crippen LogP contribution in [0.25, 0.3) is 0 Å². The van der Waals surface area contributed by atoms with Gasteiger partial charge >= 0.3 is 0 Å². The van der Waals surface area contributed by atoms with Crippen LogP contribution in [0.2, 0.25) is 0 Å². The van der Waals surface area contributed by atoms with Gasteiger partial charge < -0.3 is 4.90 Å². The van der Waals surface area contributed by atoms with Crippen molar-refractivity contribution in [3.8, 4) is 0 Å². The predicted octanol–water partition coefficient (Wildman–Crippen LogP) is 3.40. The van der Waals surface area contributed by atoms with Crippen molar-refractivity contribution in [3.63, 3.8) is 0 Å². The number of nitrogens with zero attached hydrogens (tertiary/aromatic N) is 3. The summed E-state index contributed by atoms with van der Waals surface area (Å²) in [4.78, 5) is 21.2. The molecule has 0 aromatic rings. The van der Waals surface area contributed by atoms with Crippen LogP contribution in [-0.2, 0) is 4.79 Å². The molecule has 0 N–H and O–H groups in total. The molecule has 4 heteroatoms. The highest BCUT2D eigenvalue weighted by molar-refractivity contribution is 5.97. The molecule has 23 heavy (non-hydrogen) atoms. The molecule has 2 rings (SSSR count). The topological polar surface area (TPSA) is 35.9 Å². The molecule has 2 aliphatic rings. The molecule has 0 aromatic carbocycles. The Bertz CT molecular complexity index is 493. The summed E-state index contributed by atoms with van der Waals surface area (Å²) in [5.74, 6) is 1.03. The molecule has 2 fully saturated rings. The molecule has 0 amide bonds. The first-order valence-corrected chi connectivity index (χ1v) is 8.91. The zero-order valence-electron chi connectivity index (χ0n) is 15.0. The van der Waals surface area contributed by atoms with Gasteiger partial charge in [0.2, 0.25) is 0 Å². The van der Waals surface area contributed by atoms with Crippen molar-refractivity contribution in [2.75, 3.05) is 26.2 Å². The van der Waals surface area contributed by atoms with E-state index in [0.29, 0.717) is 5.57 Å². The van der Waals surface area contributed by atoms with Gasteiger partial charge in [0.25, 0.3) is 0 Å². The molecular weight excluding hydrogens is 286 g/mol. The van der Waals surface area contributed by atoms with Crippen LogP contribution in [0.1, 0.15) is 52.9 Å². The van der Waals surface area contributed by atoms with E-state index in [4.69, 9.17) is 0 Å². The number of amidine groups is 1. The van der Waals surface area contributed by atoms with Crippen LogP contribution in [0.4, 0.5) is 0 Å². The molecule has 128 valence electrons. The fraction of sp³-hybridized carbons (Fsp3) is 0.684. The lowest BCUT2D eigenvalue weighted by atomic mass is 9.94. The number of allylic oxidation sites excluding steroid dienone is 3. The van der Waals surface area contributed by atoms with E-state index < -0.39 is 0 Å². The Kier molecular flexibility index (Phi) is 6.58. The zero-order chi connectivity index (χ0) is 16.8. The van der Waals surface area contributed by atoms with Gasteiger partial charge in [0.05, 0.1) is 5.70 Å². The Morgan fingerprint density at radius 1 is 1.04 bits per heavy atom.